The molecule has 1 heterocycles. The molecular weight excluding hydrogens is 463 g/mol. The number of aliphatic hydroxyl groups is 2. The number of aromatic nitrogens is 1. The zero-order valence-corrected chi connectivity index (χ0v) is 24.2. The van der Waals surface area contributed by atoms with Crippen molar-refractivity contribution in [1.29, 1.82) is 0 Å². The Morgan fingerprint density at radius 2 is 1.84 bits per heavy atom. The monoisotopic (exact) mass is 510 g/mol. The van der Waals surface area contributed by atoms with Crippen LogP contribution in [-0.2, 0) is 45.6 Å². The third-order valence-electron chi connectivity index (χ3n) is 5.42. The number of hydrogen-bond acceptors (Lipinski definition) is 5. The number of hydrogen-bond donors (Lipinski definition) is 3. The summed E-state index contributed by atoms with van der Waals surface area (Å²) in [6, 6.07) is 0. The summed E-state index contributed by atoms with van der Waals surface area (Å²) >= 11 is 0. The van der Waals surface area contributed by atoms with Gasteiger partial charge in [-0.2, -0.15) is 12.3 Å². The quantitative estimate of drug-likeness (QED) is 0.251. The number of unbranched alkanes of at least 4 members (excludes halogenated alkanes) is 2. The molecule has 0 bridgehead atoms. The number of nitrogens with zero attached hydrogens (tertiary/aromatic N) is 2. The van der Waals surface area contributed by atoms with Crippen molar-refractivity contribution in [2.45, 2.75) is 87.0 Å². The van der Waals surface area contributed by atoms with E-state index in [0.717, 1.165) is 37.1 Å². The molecule has 1 unspecified atom stereocenters. The fraction of sp³-hybridized carbons (Fsp3) is 0.680. The minimum absolute atomic E-state index is 0. The van der Waals surface area contributed by atoms with E-state index >= 15 is 0 Å². The first-order valence-electron chi connectivity index (χ1n) is 11.2. The van der Waals surface area contributed by atoms with Gasteiger partial charge in [0.15, 0.2) is 0 Å². The SMILES string of the molecule is CC.CCC(C)(CO)CO.CCCCC=Nc1c(N)nc2c(c1C)C[CH-]C(C)C2.[CH3-].[Y]. The number of aliphatic hydroxyl groups excluding tert-OH is 2. The molecule has 0 amide bonds. The molecule has 1 aliphatic rings. The Balaban J connectivity index is -0.000000562. The van der Waals surface area contributed by atoms with Crippen LogP contribution in [-0.4, -0.2) is 34.6 Å². The first-order chi connectivity index (χ1) is 13.8. The first kappa shape index (κ1) is 35.2. The van der Waals surface area contributed by atoms with Gasteiger partial charge in [0.1, 0.15) is 11.5 Å². The average Bonchev–Trinajstić information content (AvgIpc) is 2.74. The zero-order valence-electron chi connectivity index (χ0n) is 21.3. The Labute approximate surface area is 217 Å². The van der Waals surface area contributed by atoms with E-state index in [1.54, 1.807) is 0 Å². The summed E-state index contributed by atoms with van der Waals surface area (Å²) < 4.78 is 0. The van der Waals surface area contributed by atoms with Gasteiger partial charge in [0.2, 0.25) is 0 Å². The molecule has 1 atom stereocenters. The molecule has 0 aliphatic heterocycles. The van der Waals surface area contributed by atoms with Gasteiger partial charge in [0.05, 0.1) is 13.2 Å². The molecule has 5 nitrogen and oxygen atoms in total. The topological polar surface area (TPSA) is 91.7 Å². The Morgan fingerprint density at radius 1 is 1.26 bits per heavy atom. The molecule has 1 radical (unpaired) electrons. The smallest absolute Gasteiger partial charge is 0.149 e. The van der Waals surface area contributed by atoms with Crippen LogP contribution in [0.4, 0.5) is 11.5 Å². The summed E-state index contributed by atoms with van der Waals surface area (Å²) in [7, 11) is 0. The van der Waals surface area contributed by atoms with Crippen LogP contribution < -0.4 is 5.73 Å². The molecular formula is C25H47N3O2Y-2. The third-order valence-corrected chi connectivity index (χ3v) is 5.42. The van der Waals surface area contributed by atoms with Gasteiger partial charge in [-0.25, -0.2) is 4.98 Å². The summed E-state index contributed by atoms with van der Waals surface area (Å²) in [5, 5.41) is 17.3. The fourth-order valence-electron chi connectivity index (χ4n) is 2.85. The van der Waals surface area contributed by atoms with Gasteiger partial charge >= 0.3 is 0 Å². The number of rotatable bonds is 7. The largest absolute Gasteiger partial charge is 0.396 e. The van der Waals surface area contributed by atoms with Crippen LogP contribution in [0.15, 0.2) is 4.99 Å². The minimum Gasteiger partial charge on any atom is -0.396 e. The Hall–Kier alpha value is -0.356. The number of fused-ring (bicyclic) bond motifs is 1. The maximum absolute atomic E-state index is 8.63. The Morgan fingerprint density at radius 3 is 2.29 bits per heavy atom. The number of aliphatic imine (C=N–C) groups is 1. The van der Waals surface area contributed by atoms with Crippen LogP contribution in [0.5, 0.6) is 0 Å². The maximum atomic E-state index is 8.63. The van der Waals surface area contributed by atoms with Gasteiger partial charge in [-0.15, -0.1) is 0 Å². The third kappa shape index (κ3) is 11.9. The number of anilines is 1. The van der Waals surface area contributed by atoms with Crippen LogP contribution in [0, 0.1) is 32.1 Å². The average molecular weight is 511 g/mol. The van der Waals surface area contributed by atoms with Crippen molar-refractivity contribution >= 4 is 17.7 Å². The molecule has 179 valence electrons. The van der Waals surface area contributed by atoms with Crippen LogP contribution in [0.25, 0.3) is 0 Å². The van der Waals surface area contributed by atoms with E-state index in [-0.39, 0.29) is 58.8 Å². The summed E-state index contributed by atoms with van der Waals surface area (Å²) in [5.74, 6) is 1.18. The zero-order chi connectivity index (χ0) is 22.4. The van der Waals surface area contributed by atoms with Crippen molar-refractivity contribution in [3.8, 4) is 0 Å². The second kappa shape index (κ2) is 19.1. The van der Waals surface area contributed by atoms with Gasteiger partial charge < -0.3 is 29.8 Å². The normalized spacial score (nSPS) is 14.8. The second-order valence-corrected chi connectivity index (χ2v) is 7.95. The molecule has 4 N–H and O–H groups in total. The van der Waals surface area contributed by atoms with Crippen molar-refractivity contribution in [3.63, 3.8) is 0 Å². The summed E-state index contributed by atoms with van der Waals surface area (Å²) in [6.45, 7) is 14.5. The van der Waals surface area contributed by atoms with Gasteiger partial charge in [0, 0.05) is 50.0 Å². The Bertz CT molecular complexity index is 609. The molecule has 2 rings (SSSR count). The van der Waals surface area contributed by atoms with E-state index in [1.165, 1.54) is 24.0 Å². The first-order valence-corrected chi connectivity index (χ1v) is 11.2. The number of nitrogens with two attached hydrogens (primary N) is 1. The predicted molar refractivity (Wildman–Crippen MR) is 132 cm³/mol. The number of nitrogen functional groups attached to an aromatic ring is 1. The summed E-state index contributed by atoms with van der Waals surface area (Å²) in [4.78, 5) is 9.11. The van der Waals surface area contributed by atoms with E-state index in [2.05, 4.69) is 37.2 Å². The fourth-order valence-corrected chi connectivity index (χ4v) is 2.85. The van der Waals surface area contributed by atoms with Crippen molar-refractivity contribution in [2.24, 2.45) is 16.3 Å². The van der Waals surface area contributed by atoms with Crippen molar-refractivity contribution in [1.82, 2.24) is 4.98 Å². The molecule has 0 fully saturated rings. The molecule has 0 saturated heterocycles. The maximum Gasteiger partial charge on any atom is 0.149 e. The molecule has 31 heavy (non-hydrogen) atoms. The minimum atomic E-state index is -0.264. The second-order valence-electron chi connectivity index (χ2n) is 7.95. The molecule has 0 aromatic carbocycles. The summed E-state index contributed by atoms with van der Waals surface area (Å²) in [5.41, 5.74) is 10.4. The van der Waals surface area contributed by atoms with Crippen LogP contribution in [0.3, 0.4) is 0 Å². The summed E-state index contributed by atoms with van der Waals surface area (Å²) in [6.07, 6.45) is 10.5. The van der Waals surface area contributed by atoms with Crippen molar-refractivity contribution < 1.29 is 42.9 Å². The Kier molecular flexibility index (Phi) is 21.8. The molecule has 0 saturated carbocycles. The van der Waals surface area contributed by atoms with E-state index < -0.39 is 0 Å². The van der Waals surface area contributed by atoms with E-state index in [0.29, 0.717) is 11.7 Å². The standard InChI is InChI=1S/C16H24N3.C6H14O2.C2H6.CH3.Y/c1-4-5-6-9-18-15-12(3)13-8-7-11(2)10-14(13)19-16(15)17;1-3-6(2,4-7)5-8;1-2;;/h7,9,11H,4-6,8,10H2,1-3H3,(H2,17,19);7-8H,3-5H2,1-2H3;1-2H3;1H3;/q-1;;;-1;. The van der Waals surface area contributed by atoms with Crippen LogP contribution in [0.2, 0.25) is 0 Å². The van der Waals surface area contributed by atoms with E-state index in [9.17, 15) is 0 Å². The number of pyridine rings is 1. The van der Waals surface area contributed by atoms with Gasteiger partial charge in [-0.3, -0.25) is 4.99 Å². The van der Waals surface area contributed by atoms with Crippen LogP contribution >= 0.6 is 0 Å². The van der Waals surface area contributed by atoms with Crippen LogP contribution in [0.1, 0.15) is 84.0 Å². The van der Waals surface area contributed by atoms with Gasteiger partial charge in [-0.1, -0.05) is 53.5 Å². The predicted octanol–water partition coefficient (Wildman–Crippen LogP) is 5.67. The molecule has 1 aromatic rings. The van der Waals surface area contributed by atoms with E-state index in [1.807, 2.05) is 33.9 Å². The van der Waals surface area contributed by atoms with E-state index in [4.69, 9.17) is 15.9 Å². The van der Waals surface area contributed by atoms with Gasteiger partial charge in [-0.05, 0) is 38.2 Å². The molecule has 0 spiro atoms. The molecule has 1 aliphatic carbocycles. The van der Waals surface area contributed by atoms with Crippen molar-refractivity contribution in [3.05, 3.63) is 30.7 Å². The molecule has 1 aromatic heterocycles. The molecule has 6 heteroatoms. The van der Waals surface area contributed by atoms with Crippen molar-refractivity contribution in [2.75, 3.05) is 18.9 Å². The van der Waals surface area contributed by atoms with Gasteiger partial charge in [0.25, 0.3) is 0 Å².